The molecular weight excluding hydrogens is 1030 g/mol. The molecule has 5 heterocycles. The lowest BCUT2D eigenvalue weighted by atomic mass is 9.84. The molecule has 17 rings (SSSR count). The third-order valence-electron chi connectivity index (χ3n) is 16.5. The zero-order valence-electron chi connectivity index (χ0n) is 45.0. The molecule has 17 aromatic rings. The van der Waals surface area contributed by atoms with Gasteiger partial charge in [-0.3, -0.25) is 0 Å². The van der Waals surface area contributed by atoms with E-state index in [1.165, 1.54) is 27.5 Å². The number of aromatic nitrogens is 5. The summed E-state index contributed by atoms with van der Waals surface area (Å²) in [5.74, 6) is 1.69. The van der Waals surface area contributed by atoms with E-state index in [2.05, 4.69) is 212 Å². The fourth-order valence-electron chi connectivity index (χ4n) is 12.7. The van der Waals surface area contributed by atoms with Crippen LogP contribution in [-0.4, -0.2) is 24.9 Å². The molecule has 0 saturated carbocycles. The zero-order chi connectivity index (χ0) is 55.2. The highest BCUT2D eigenvalue weighted by molar-refractivity contribution is 6.28. The number of nitrogens with zero attached hydrogens (tertiary/aromatic N) is 5. The Morgan fingerprint density at radius 1 is 0.226 bits per heavy atom. The van der Waals surface area contributed by atoms with Crippen LogP contribution in [0.4, 0.5) is 0 Å². The molecule has 7 nitrogen and oxygen atoms in total. The monoisotopic (exact) mass is 1070 g/mol. The lowest BCUT2D eigenvalue weighted by molar-refractivity contribution is 0.669. The Labute approximate surface area is 481 Å². The molecule has 7 heteroatoms. The van der Waals surface area contributed by atoms with Crippen LogP contribution in [0.2, 0.25) is 0 Å². The number of para-hydroxylation sites is 3. The van der Waals surface area contributed by atoms with Gasteiger partial charge < -0.3 is 8.83 Å². The van der Waals surface area contributed by atoms with Crippen molar-refractivity contribution in [3.05, 3.63) is 273 Å². The molecule has 0 aliphatic heterocycles. The molecule has 0 aliphatic rings. The molecule has 0 unspecified atom stereocenters. The highest BCUT2D eigenvalue weighted by atomic mass is 16.3. The Bertz CT molecular complexity index is 5420. The van der Waals surface area contributed by atoms with Crippen LogP contribution < -0.4 is 0 Å². The smallest absolute Gasteiger partial charge is 0.164 e. The third-order valence-corrected chi connectivity index (χ3v) is 16.5. The van der Waals surface area contributed by atoms with E-state index >= 15 is 0 Å². The van der Waals surface area contributed by atoms with Crippen molar-refractivity contribution in [1.29, 1.82) is 0 Å². The number of hydrogen-bond acceptors (Lipinski definition) is 7. The van der Waals surface area contributed by atoms with Crippen molar-refractivity contribution < 1.29 is 8.83 Å². The van der Waals surface area contributed by atoms with Gasteiger partial charge in [0.05, 0.1) is 16.4 Å². The van der Waals surface area contributed by atoms with Gasteiger partial charge in [-0.05, 0) is 96.9 Å². The summed E-state index contributed by atoms with van der Waals surface area (Å²) in [6.45, 7) is 0. The summed E-state index contributed by atoms with van der Waals surface area (Å²) >= 11 is 0. The number of fused-ring (bicyclic) bond motifs is 10. The maximum Gasteiger partial charge on any atom is 0.164 e. The molecule has 0 spiro atoms. The van der Waals surface area contributed by atoms with Crippen molar-refractivity contribution in [1.82, 2.24) is 24.9 Å². The maximum absolute atomic E-state index is 7.21. The van der Waals surface area contributed by atoms with E-state index in [1.54, 1.807) is 0 Å². The summed E-state index contributed by atoms with van der Waals surface area (Å²) in [5.41, 5.74) is 19.9. The third kappa shape index (κ3) is 7.64. The van der Waals surface area contributed by atoms with Crippen LogP contribution >= 0.6 is 0 Å². The minimum absolute atomic E-state index is 0.555. The van der Waals surface area contributed by atoms with Crippen LogP contribution in [0.5, 0.6) is 0 Å². The van der Waals surface area contributed by atoms with Gasteiger partial charge in [0.2, 0.25) is 0 Å². The van der Waals surface area contributed by atoms with E-state index in [-0.39, 0.29) is 0 Å². The highest BCUT2D eigenvalue weighted by Gasteiger charge is 2.26. The van der Waals surface area contributed by atoms with E-state index < -0.39 is 0 Å². The first kappa shape index (κ1) is 47.4. The van der Waals surface area contributed by atoms with Crippen molar-refractivity contribution in [2.24, 2.45) is 0 Å². The first-order valence-electron chi connectivity index (χ1n) is 28.2. The minimum atomic E-state index is 0.555. The lowest BCUT2D eigenvalue weighted by Gasteiger charge is -2.19. The van der Waals surface area contributed by atoms with Crippen LogP contribution in [0.3, 0.4) is 0 Å². The van der Waals surface area contributed by atoms with Gasteiger partial charge in [0.1, 0.15) is 22.2 Å². The molecule has 0 bridgehead atoms. The zero-order valence-corrected chi connectivity index (χ0v) is 45.0. The molecule has 0 atom stereocenters. The molecule has 0 aliphatic carbocycles. The second-order valence-corrected chi connectivity index (χ2v) is 21.4. The molecule has 0 N–H and O–H groups in total. The molecule has 0 amide bonds. The van der Waals surface area contributed by atoms with Gasteiger partial charge in [-0.15, -0.1) is 0 Å². The first-order valence-corrected chi connectivity index (χ1v) is 28.2. The van der Waals surface area contributed by atoms with Crippen molar-refractivity contribution in [2.75, 3.05) is 0 Å². The summed E-state index contributed by atoms with van der Waals surface area (Å²) < 4.78 is 13.8. The molecule has 12 aromatic carbocycles. The maximum atomic E-state index is 7.21. The van der Waals surface area contributed by atoms with E-state index in [0.717, 1.165) is 132 Å². The van der Waals surface area contributed by atoms with Gasteiger partial charge in [0, 0.05) is 49.5 Å². The average Bonchev–Trinajstić information content (AvgIpc) is 2.71. The number of hydrogen-bond donors (Lipinski definition) is 0. The van der Waals surface area contributed by atoms with E-state index in [1.807, 2.05) is 60.7 Å². The van der Waals surface area contributed by atoms with Crippen LogP contribution in [0.25, 0.3) is 177 Å². The predicted octanol–water partition coefficient (Wildman–Crippen LogP) is 20.4. The number of pyridine rings is 2. The normalized spacial score (nSPS) is 11.8. The van der Waals surface area contributed by atoms with Crippen LogP contribution in [0.1, 0.15) is 0 Å². The van der Waals surface area contributed by atoms with Crippen LogP contribution in [0.15, 0.2) is 282 Å². The summed E-state index contributed by atoms with van der Waals surface area (Å²) in [6.07, 6.45) is 0. The fourth-order valence-corrected chi connectivity index (χ4v) is 12.7. The van der Waals surface area contributed by atoms with Crippen LogP contribution in [-0.2, 0) is 0 Å². The van der Waals surface area contributed by atoms with E-state index in [9.17, 15) is 0 Å². The molecule has 84 heavy (non-hydrogen) atoms. The van der Waals surface area contributed by atoms with Crippen molar-refractivity contribution in [3.63, 3.8) is 0 Å². The Hall–Kier alpha value is -11.4. The topological polar surface area (TPSA) is 90.7 Å². The standard InChI is InChI=1S/C77H45N5O2/c1-3-19-46(20-4-1)47-37-39-48(40-38-47)66-55-25-7-9-27-57(55)68(58-28-10-8-26-56(58)66)70-60-30-12-15-34-63(60)79-72-69-54(32-18-36-65(69)84-74(70)72)52-23-17-24-53(45-52)77-81-75(50-21-5-2-6-22-50)80-76(82-77)51-43-41-49(42-44-51)67-59-29-11-14-33-62(59)78-71-61-31-13-16-35-64(61)83-73(67)71/h1-45H. The Kier molecular flexibility index (Phi) is 10.8. The molecule has 390 valence electrons. The van der Waals surface area contributed by atoms with Gasteiger partial charge >= 0.3 is 0 Å². The van der Waals surface area contributed by atoms with Crippen molar-refractivity contribution in [3.8, 4) is 89.8 Å². The SMILES string of the molecule is c1ccc(-c2ccc(-c3c4ccccc4c(-c4c5ccccc5nc5c4oc4cccc(-c6cccc(-c7nc(-c8ccccc8)nc(-c8ccc(-c9c%10ccccc%10nc%10c9oc9ccccc9%10)cc8)n7)c6)c45)c4ccccc34)cc2)cc1. The first-order chi connectivity index (χ1) is 41.6. The summed E-state index contributed by atoms with van der Waals surface area (Å²) in [5, 5.41) is 8.57. The van der Waals surface area contributed by atoms with Gasteiger partial charge in [-0.25, -0.2) is 24.9 Å². The van der Waals surface area contributed by atoms with E-state index in [0.29, 0.717) is 17.5 Å². The van der Waals surface area contributed by atoms with Gasteiger partial charge in [-0.2, -0.15) is 0 Å². The largest absolute Gasteiger partial charge is 0.454 e. The average molecular weight is 1070 g/mol. The fraction of sp³-hybridized carbons (Fsp3) is 0. The quantitative estimate of drug-likeness (QED) is 0.140. The Morgan fingerprint density at radius 3 is 1.29 bits per heavy atom. The highest BCUT2D eigenvalue weighted by Crippen LogP contribution is 2.50. The number of rotatable bonds is 8. The summed E-state index contributed by atoms with van der Waals surface area (Å²) in [6, 6.07) is 95.2. The van der Waals surface area contributed by atoms with Crippen LogP contribution in [0, 0.1) is 0 Å². The van der Waals surface area contributed by atoms with Gasteiger partial charge in [0.15, 0.2) is 28.6 Å². The molecule has 5 aromatic heterocycles. The number of furan rings is 2. The second-order valence-electron chi connectivity index (χ2n) is 21.4. The molecule has 0 fully saturated rings. The molecule has 0 saturated heterocycles. The Balaban J connectivity index is 0.811. The minimum Gasteiger partial charge on any atom is -0.454 e. The second kappa shape index (κ2) is 19.1. The van der Waals surface area contributed by atoms with Gasteiger partial charge in [0.25, 0.3) is 0 Å². The van der Waals surface area contributed by atoms with Crippen molar-refractivity contribution >= 4 is 87.5 Å². The summed E-state index contributed by atoms with van der Waals surface area (Å²) in [4.78, 5) is 26.2. The van der Waals surface area contributed by atoms with Gasteiger partial charge in [-0.1, -0.05) is 237 Å². The summed E-state index contributed by atoms with van der Waals surface area (Å²) in [7, 11) is 0. The van der Waals surface area contributed by atoms with Crippen molar-refractivity contribution in [2.45, 2.75) is 0 Å². The Morgan fingerprint density at radius 2 is 0.631 bits per heavy atom. The molecule has 0 radical (unpaired) electrons. The number of benzene rings is 12. The predicted molar refractivity (Wildman–Crippen MR) is 343 cm³/mol. The lowest BCUT2D eigenvalue weighted by Crippen LogP contribution is -2.00. The molecular formula is C77H45N5O2. The van der Waals surface area contributed by atoms with E-state index in [4.69, 9.17) is 33.8 Å².